The van der Waals surface area contributed by atoms with Gasteiger partial charge in [-0.2, -0.15) is 0 Å². The van der Waals surface area contributed by atoms with Crippen LogP contribution in [-0.2, 0) is 22.7 Å². The maximum atomic E-state index is 13.4. The largest absolute Gasteiger partial charge is 0.332 e. The first-order valence-corrected chi connectivity index (χ1v) is 12.3. The summed E-state index contributed by atoms with van der Waals surface area (Å²) in [7, 11) is 0. The first-order valence-electron chi connectivity index (χ1n) is 11.4. The molecule has 1 heterocycles. The van der Waals surface area contributed by atoms with Crippen LogP contribution in [0.25, 0.3) is 0 Å². The van der Waals surface area contributed by atoms with Crippen LogP contribution in [-0.4, -0.2) is 34.2 Å². The lowest BCUT2D eigenvalue weighted by molar-refractivity contribution is -0.143. The average molecular weight is 445 g/mol. The minimum atomic E-state index is -0.287. The van der Waals surface area contributed by atoms with E-state index in [2.05, 4.69) is 6.92 Å². The van der Waals surface area contributed by atoms with E-state index < -0.39 is 0 Å². The fourth-order valence-electron chi connectivity index (χ4n) is 4.16. The zero-order valence-electron chi connectivity index (χ0n) is 18.4. The van der Waals surface area contributed by atoms with Crippen molar-refractivity contribution < 1.29 is 14.0 Å². The van der Waals surface area contributed by atoms with Gasteiger partial charge in [-0.3, -0.25) is 9.59 Å². The summed E-state index contributed by atoms with van der Waals surface area (Å²) in [5.74, 6) is -0.238. The second-order valence-corrected chi connectivity index (χ2v) is 9.40. The van der Waals surface area contributed by atoms with E-state index in [4.69, 9.17) is 0 Å². The molecule has 3 rings (SSSR count). The minimum Gasteiger partial charge on any atom is -0.332 e. The number of unbranched alkanes of at least 4 members (excludes halogenated alkanes) is 1. The average Bonchev–Trinajstić information content (AvgIpc) is 3.30. The highest BCUT2D eigenvalue weighted by molar-refractivity contribution is 7.09. The molecule has 0 radical (unpaired) electrons. The fourth-order valence-corrected chi connectivity index (χ4v) is 4.88. The number of benzene rings is 1. The molecule has 1 aliphatic carbocycles. The van der Waals surface area contributed by atoms with E-state index in [1.807, 2.05) is 22.4 Å². The summed E-state index contributed by atoms with van der Waals surface area (Å²) in [5.41, 5.74) is 0.882. The Bertz CT molecular complexity index is 817. The third-order valence-corrected chi connectivity index (χ3v) is 6.81. The van der Waals surface area contributed by atoms with E-state index in [0.29, 0.717) is 19.5 Å². The Morgan fingerprint density at radius 1 is 1.03 bits per heavy atom. The molecule has 1 saturated carbocycles. The summed E-state index contributed by atoms with van der Waals surface area (Å²) in [6.45, 7) is 3.10. The van der Waals surface area contributed by atoms with Gasteiger partial charge in [0, 0.05) is 23.9 Å². The van der Waals surface area contributed by atoms with Gasteiger partial charge in [0.05, 0.1) is 6.54 Å². The Balaban J connectivity index is 1.75. The van der Waals surface area contributed by atoms with Crippen molar-refractivity contribution in [1.82, 2.24) is 9.80 Å². The van der Waals surface area contributed by atoms with Crippen molar-refractivity contribution in [3.63, 3.8) is 0 Å². The van der Waals surface area contributed by atoms with Gasteiger partial charge in [0.1, 0.15) is 12.4 Å². The summed E-state index contributed by atoms with van der Waals surface area (Å²) in [5, 5.41) is 2.00. The van der Waals surface area contributed by atoms with E-state index in [-0.39, 0.29) is 30.2 Å². The molecule has 168 valence electrons. The summed E-state index contributed by atoms with van der Waals surface area (Å²) in [6, 6.07) is 10.4. The molecule has 0 aliphatic heterocycles. The SMILES string of the molecule is CCCCC(=O)N(CC(=O)N(Cc1ccc(F)cc1)Cc1cccs1)C1CCCCC1. The Hall–Kier alpha value is -2.21. The summed E-state index contributed by atoms with van der Waals surface area (Å²) in [4.78, 5) is 31.2. The molecular weight excluding hydrogens is 411 g/mol. The van der Waals surface area contributed by atoms with E-state index >= 15 is 0 Å². The molecule has 1 aliphatic rings. The van der Waals surface area contributed by atoms with Crippen molar-refractivity contribution in [3.8, 4) is 0 Å². The number of carbonyl (C=O) groups is 2. The third kappa shape index (κ3) is 7.17. The van der Waals surface area contributed by atoms with Gasteiger partial charge in [0.15, 0.2) is 0 Å². The summed E-state index contributed by atoms with van der Waals surface area (Å²) in [6.07, 6.45) is 7.72. The highest BCUT2D eigenvalue weighted by Gasteiger charge is 2.28. The molecule has 0 atom stereocenters. The van der Waals surface area contributed by atoms with E-state index in [9.17, 15) is 14.0 Å². The number of rotatable bonds is 10. The van der Waals surface area contributed by atoms with Crippen LogP contribution in [0.2, 0.25) is 0 Å². The molecule has 2 amide bonds. The van der Waals surface area contributed by atoms with Gasteiger partial charge in [-0.15, -0.1) is 11.3 Å². The van der Waals surface area contributed by atoms with E-state index in [1.165, 1.54) is 18.6 Å². The molecule has 2 aromatic rings. The molecule has 0 saturated heterocycles. The molecule has 6 heteroatoms. The van der Waals surface area contributed by atoms with Crippen LogP contribution >= 0.6 is 11.3 Å². The molecule has 0 spiro atoms. The first kappa shape index (κ1) is 23.5. The normalized spacial score (nSPS) is 14.4. The molecule has 1 fully saturated rings. The lowest BCUT2D eigenvalue weighted by Gasteiger charge is -2.35. The van der Waals surface area contributed by atoms with Gasteiger partial charge in [0.25, 0.3) is 0 Å². The predicted molar refractivity (Wildman–Crippen MR) is 123 cm³/mol. The van der Waals surface area contributed by atoms with Crippen LogP contribution in [0.5, 0.6) is 0 Å². The second-order valence-electron chi connectivity index (χ2n) is 8.37. The number of amides is 2. The lowest BCUT2D eigenvalue weighted by Crippen LogP contribution is -2.47. The maximum Gasteiger partial charge on any atom is 0.242 e. The van der Waals surface area contributed by atoms with Crippen molar-refractivity contribution in [2.45, 2.75) is 77.4 Å². The van der Waals surface area contributed by atoms with Crippen LogP contribution in [0.4, 0.5) is 4.39 Å². The number of carbonyl (C=O) groups excluding carboxylic acids is 2. The maximum absolute atomic E-state index is 13.4. The van der Waals surface area contributed by atoms with Crippen molar-refractivity contribution in [1.29, 1.82) is 0 Å². The van der Waals surface area contributed by atoms with Gasteiger partial charge in [-0.05, 0) is 48.4 Å². The molecule has 0 N–H and O–H groups in total. The number of nitrogens with zero attached hydrogens (tertiary/aromatic N) is 2. The van der Waals surface area contributed by atoms with Crippen molar-refractivity contribution in [2.75, 3.05) is 6.54 Å². The molecule has 0 bridgehead atoms. The number of hydrogen-bond acceptors (Lipinski definition) is 3. The van der Waals surface area contributed by atoms with E-state index in [0.717, 1.165) is 49.0 Å². The minimum absolute atomic E-state index is 0.0480. The van der Waals surface area contributed by atoms with Crippen LogP contribution in [0.15, 0.2) is 41.8 Å². The molecule has 4 nitrogen and oxygen atoms in total. The Kier molecular flexibility index (Phi) is 9.07. The Morgan fingerprint density at radius 2 is 1.77 bits per heavy atom. The zero-order valence-corrected chi connectivity index (χ0v) is 19.2. The third-order valence-electron chi connectivity index (χ3n) is 5.95. The Morgan fingerprint density at radius 3 is 2.42 bits per heavy atom. The van der Waals surface area contributed by atoms with Gasteiger partial charge in [-0.25, -0.2) is 4.39 Å². The number of halogens is 1. The topological polar surface area (TPSA) is 40.6 Å². The molecule has 31 heavy (non-hydrogen) atoms. The van der Waals surface area contributed by atoms with Crippen molar-refractivity contribution in [3.05, 3.63) is 58.0 Å². The summed E-state index contributed by atoms with van der Waals surface area (Å²) < 4.78 is 13.3. The smallest absolute Gasteiger partial charge is 0.242 e. The molecule has 1 aromatic heterocycles. The standard InChI is InChI=1S/C25H33FN2O2S/c1-2-3-11-24(29)28(22-8-5-4-6-9-22)19-25(30)27(18-23-10-7-16-31-23)17-20-12-14-21(26)15-13-20/h7,10,12-16,22H,2-6,8-9,11,17-19H2,1H3. The van der Waals surface area contributed by atoms with Gasteiger partial charge < -0.3 is 9.80 Å². The van der Waals surface area contributed by atoms with Crippen LogP contribution < -0.4 is 0 Å². The monoisotopic (exact) mass is 444 g/mol. The van der Waals surface area contributed by atoms with Crippen LogP contribution in [0.1, 0.15) is 68.7 Å². The molecule has 0 unspecified atom stereocenters. The highest BCUT2D eigenvalue weighted by Crippen LogP contribution is 2.24. The zero-order chi connectivity index (χ0) is 22.1. The van der Waals surface area contributed by atoms with Crippen molar-refractivity contribution >= 4 is 23.2 Å². The van der Waals surface area contributed by atoms with Gasteiger partial charge >= 0.3 is 0 Å². The highest BCUT2D eigenvalue weighted by atomic mass is 32.1. The fraction of sp³-hybridized carbons (Fsp3) is 0.520. The van der Waals surface area contributed by atoms with Crippen LogP contribution in [0.3, 0.4) is 0 Å². The first-order chi connectivity index (χ1) is 15.1. The second kappa shape index (κ2) is 12.0. The predicted octanol–water partition coefficient (Wildman–Crippen LogP) is 5.77. The quantitative estimate of drug-likeness (QED) is 0.467. The number of thiophene rings is 1. The summed E-state index contributed by atoms with van der Waals surface area (Å²) >= 11 is 1.61. The van der Waals surface area contributed by atoms with E-state index in [1.54, 1.807) is 28.4 Å². The number of hydrogen-bond donors (Lipinski definition) is 0. The Labute approximate surface area is 189 Å². The van der Waals surface area contributed by atoms with Crippen LogP contribution in [0, 0.1) is 5.82 Å². The lowest BCUT2D eigenvalue weighted by atomic mass is 9.93. The molecule has 1 aromatic carbocycles. The van der Waals surface area contributed by atoms with Gasteiger partial charge in [0.2, 0.25) is 11.8 Å². The molecular formula is C25H33FN2O2S. The van der Waals surface area contributed by atoms with Crippen molar-refractivity contribution in [2.24, 2.45) is 0 Å². The van der Waals surface area contributed by atoms with Gasteiger partial charge in [-0.1, -0.05) is 50.8 Å².